The lowest BCUT2D eigenvalue weighted by Gasteiger charge is -2.56. The maximum Gasteiger partial charge on any atom is 0.216 e. The highest BCUT2D eigenvalue weighted by molar-refractivity contribution is 7.88. The third-order valence-corrected chi connectivity index (χ3v) is 7.35. The van der Waals surface area contributed by atoms with Crippen molar-refractivity contribution in [1.29, 1.82) is 0 Å². The summed E-state index contributed by atoms with van der Waals surface area (Å²) in [6.45, 7) is 0. The molecule has 1 aromatic carbocycles. The van der Waals surface area contributed by atoms with Gasteiger partial charge in [0, 0.05) is 10.6 Å². The number of halogens is 1. The molecule has 0 atom stereocenters. The Bertz CT molecular complexity index is 650. The van der Waals surface area contributed by atoms with Crippen LogP contribution in [0.2, 0.25) is 5.02 Å². The Hall–Kier alpha value is -0.580. The molecule has 0 aromatic heterocycles. The van der Waals surface area contributed by atoms with E-state index in [0.29, 0.717) is 5.02 Å². The Balaban J connectivity index is 1.52. The number of nitrogens with one attached hydrogen (secondary N) is 1. The molecule has 3 nitrogen and oxygen atoms in total. The lowest BCUT2D eigenvalue weighted by molar-refractivity contribution is -0.00811. The van der Waals surface area contributed by atoms with Crippen LogP contribution >= 0.6 is 11.6 Å². The molecule has 4 aliphatic rings. The van der Waals surface area contributed by atoms with Gasteiger partial charge in [-0.1, -0.05) is 23.7 Å². The zero-order valence-electron chi connectivity index (χ0n) is 12.6. The largest absolute Gasteiger partial charge is 0.216 e. The lowest BCUT2D eigenvalue weighted by Crippen LogP contribution is -2.59. The first kappa shape index (κ1) is 15.0. The Morgan fingerprint density at radius 3 is 2.23 bits per heavy atom. The van der Waals surface area contributed by atoms with Crippen LogP contribution in [0.25, 0.3) is 0 Å². The van der Waals surface area contributed by atoms with Gasteiger partial charge in [-0.3, -0.25) is 0 Å². The third kappa shape index (κ3) is 2.93. The van der Waals surface area contributed by atoms with Crippen molar-refractivity contribution in [2.45, 2.75) is 49.8 Å². The van der Waals surface area contributed by atoms with Crippen molar-refractivity contribution in [2.75, 3.05) is 0 Å². The molecule has 5 rings (SSSR count). The van der Waals surface area contributed by atoms with E-state index in [1.807, 2.05) is 6.07 Å². The van der Waals surface area contributed by atoms with E-state index < -0.39 is 10.0 Å². The van der Waals surface area contributed by atoms with E-state index in [1.54, 1.807) is 18.2 Å². The van der Waals surface area contributed by atoms with Gasteiger partial charge in [0.25, 0.3) is 0 Å². The highest BCUT2D eigenvalue weighted by Gasteiger charge is 2.52. The summed E-state index contributed by atoms with van der Waals surface area (Å²) >= 11 is 5.96. The summed E-state index contributed by atoms with van der Waals surface area (Å²) in [7, 11) is -3.32. The maximum absolute atomic E-state index is 12.6. The van der Waals surface area contributed by atoms with Gasteiger partial charge in [0.1, 0.15) is 0 Å². The molecule has 0 radical (unpaired) electrons. The van der Waals surface area contributed by atoms with Crippen LogP contribution in [0.3, 0.4) is 0 Å². The summed E-state index contributed by atoms with van der Waals surface area (Å²) < 4.78 is 28.4. The van der Waals surface area contributed by atoms with E-state index in [-0.39, 0.29) is 11.3 Å². The predicted molar refractivity (Wildman–Crippen MR) is 88.1 cm³/mol. The average Bonchev–Trinajstić information content (AvgIpc) is 2.34. The predicted octanol–water partition coefficient (Wildman–Crippen LogP) is 3.73. The lowest BCUT2D eigenvalue weighted by atomic mass is 9.53. The van der Waals surface area contributed by atoms with Crippen LogP contribution in [0.4, 0.5) is 0 Å². The van der Waals surface area contributed by atoms with Crippen molar-refractivity contribution in [2.24, 2.45) is 17.8 Å². The first-order chi connectivity index (χ1) is 10.4. The van der Waals surface area contributed by atoms with Gasteiger partial charge in [-0.25, -0.2) is 13.1 Å². The fraction of sp³-hybridized carbons (Fsp3) is 0.647. The number of hydrogen-bond acceptors (Lipinski definition) is 2. The van der Waals surface area contributed by atoms with Crippen molar-refractivity contribution < 1.29 is 8.42 Å². The fourth-order valence-electron chi connectivity index (χ4n) is 5.45. The molecule has 1 aromatic rings. The summed E-state index contributed by atoms with van der Waals surface area (Å²) in [6.07, 6.45) is 7.05. The molecule has 1 N–H and O–H groups in total. The Morgan fingerprint density at radius 1 is 1.09 bits per heavy atom. The van der Waals surface area contributed by atoms with Gasteiger partial charge in [-0.15, -0.1) is 0 Å². The average molecular weight is 340 g/mol. The third-order valence-electron chi connectivity index (χ3n) is 5.66. The van der Waals surface area contributed by atoms with E-state index in [9.17, 15) is 8.42 Å². The number of hydrogen-bond donors (Lipinski definition) is 1. The molecule has 0 saturated heterocycles. The van der Waals surface area contributed by atoms with Gasteiger partial charge in [-0.05, 0) is 74.0 Å². The first-order valence-corrected chi connectivity index (χ1v) is 10.2. The summed E-state index contributed by atoms with van der Waals surface area (Å²) in [5.41, 5.74) is 0.594. The standard InChI is InChI=1S/C17H22ClNO2S/c18-16-3-1-2-12(7-16)11-22(20,21)19-17-8-13-4-14(9-17)6-15(5-13)10-17/h1-3,7,13-15,19H,4-6,8-11H2. The SMILES string of the molecule is O=S(=O)(Cc1cccc(Cl)c1)NC12CC3CC(CC(C3)C1)C2. The molecule has 0 aliphatic heterocycles. The highest BCUT2D eigenvalue weighted by Crippen LogP contribution is 2.55. The zero-order chi connectivity index (χ0) is 15.4. The first-order valence-electron chi connectivity index (χ1n) is 8.17. The maximum atomic E-state index is 12.6. The molecule has 4 aliphatic carbocycles. The Morgan fingerprint density at radius 2 is 1.68 bits per heavy atom. The molecule has 4 bridgehead atoms. The normalized spacial score (nSPS) is 36.7. The van der Waals surface area contributed by atoms with Crippen molar-refractivity contribution in [3.8, 4) is 0 Å². The van der Waals surface area contributed by atoms with Crippen molar-refractivity contribution in [1.82, 2.24) is 4.72 Å². The van der Waals surface area contributed by atoms with Crippen LogP contribution < -0.4 is 4.72 Å². The molecule has 4 saturated carbocycles. The molecule has 0 heterocycles. The number of rotatable bonds is 4. The van der Waals surface area contributed by atoms with Gasteiger partial charge < -0.3 is 0 Å². The Labute approximate surface area is 137 Å². The van der Waals surface area contributed by atoms with Gasteiger partial charge in [-0.2, -0.15) is 0 Å². The van der Waals surface area contributed by atoms with Crippen molar-refractivity contribution in [3.05, 3.63) is 34.9 Å². The molecule has 0 unspecified atom stereocenters. The monoisotopic (exact) mass is 339 g/mol. The second kappa shape index (κ2) is 5.22. The van der Waals surface area contributed by atoms with E-state index in [0.717, 1.165) is 42.6 Å². The van der Waals surface area contributed by atoms with E-state index in [4.69, 9.17) is 11.6 Å². The van der Waals surface area contributed by atoms with Gasteiger partial charge in [0.05, 0.1) is 5.75 Å². The number of sulfonamides is 1. The highest BCUT2D eigenvalue weighted by atomic mass is 35.5. The Kier molecular flexibility index (Phi) is 3.55. The summed E-state index contributed by atoms with van der Waals surface area (Å²) in [5.74, 6) is 2.23. The van der Waals surface area contributed by atoms with Crippen LogP contribution in [0.15, 0.2) is 24.3 Å². The van der Waals surface area contributed by atoms with E-state index in [2.05, 4.69) is 4.72 Å². The van der Waals surface area contributed by atoms with Crippen LogP contribution in [-0.4, -0.2) is 14.0 Å². The quantitative estimate of drug-likeness (QED) is 0.908. The van der Waals surface area contributed by atoms with Crippen molar-refractivity contribution >= 4 is 21.6 Å². The van der Waals surface area contributed by atoms with E-state index in [1.165, 1.54) is 19.3 Å². The molecular formula is C17H22ClNO2S. The van der Waals surface area contributed by atoms with Crippen molar-refractivity contribution in [3.63, 3.8) is 0 Å². The smallest absolute Gasteiger partial charge is 0.212 e. The minimum Gasteiger partial charge on any atom is -0.212 e. The summed E-state index contributed by atoms with van der Waals surface area (Å²) in [6, 6.07) is 7.13. The number of benzene rings is 1. The van der Waals surface area contributed by atoms with E-state index >= 15 is 0 Å². The topological polar surface area (TPSA) is 46.2 Å². The molecule has 22 heavy (non-hydrogen) atoms. The van der Waals surface area contributed by atoms with Crippen LogP contribution in [0, 0.1) is 17.8 Å². The van der Waals surface area contributed by atoms with Crippen LogP contribution in [0.5, 0.6) is 0 Å². The fourth-order valence-corrected chi connectivity index (χ4v) is 7.26. The summed E-state index contributed by atoms with van der Waals surface area (Å²) in [5, 5.41) is 0.586. The van der Waals surface area contributed by atoms with Crippen LogP contribution in [0.1, 0.15) is 44.1 Å². The minimum atomic E-state index is -3.32. The van der Waals surface area contributed by atoms with Gasteiger partial charge >= 0.3 is 0 Å². The van der Waals surface area contributed by atoms with Crippen LogP contribution in [-0.2, 0) is 15.8 Å². The minimum absolute atomic E-state index is 0.0231. The second-order valence-electron chi connectivity index (χ2n) is 7.69. The summed E-state index contributed by atoms with van der Waals surface area (Å²) in [4.78, 5) is 0. The molecule has 4 fully saturated rings. The molecule has 0 spiro atoms. The zero-order valence-corrected chi connectivity index (χ0v) is 14.2. The molecular weight excluding hydrogens is 318 g/mol. The molecule has 5 heteroatoms. The molecule has 0 amide bonds. The molecule has 120 valence electrons. The van der Waals surface area contributed by atoms with Gasteiger partial charge in [0.15, 0.2) is 0 Å². The second-order valence-corrected chi connectivity index (χ2v) is 9.85. The van der Waals surface area contributed by atoms with Gasteiger partial charge in [0.2, 0.25) is 10.0 Å².